The Bertz CT molecular complexity index is 980. The summed E-state index contributed by atoms with van der Waals surface area (Å²) in [5, 5.41) is 0. The molecule has 3 aromatic rings. The molecule has 1 atom stereocenters. The lowest BCUT2D eigenvalue weighted by Gasteiger charge is -2.23. The van der Waals surface area contributed by atoms with Crippen molar-refractivity contribution >= 4 is 16.9 Å². The highest BCUT2D eigenvalue weighted by Gasteiger charge is 2.34. The first kappa shape index (κ1) is 14.7. The molecule has 1 aromatic carbocycles. The van der Waals surface area contributed by atoms with Crippen LogP contribution in [0.4, 0.5) is 0 Å². The lowest BCUT2D eigenvalue weighted by molar-refractivity contribution is 0.0722. The number of nitrogens with one attached hydrogen (secondary N) is 1. The van der Waals surface area contributed by atoms with E-state index in [1.54, 1.807) is 13.2 Å². The molecule has 0 aliphatic carbocycles. The van der Waals surface area contributed by atoms with Crippen LogP contribution in [0.25, 0.3) is 11.0 Å². The second-order valence-corrected chi connectivity index (χ2v) is 6.26. The molecule has 1 aliphatic rings. The highest BCUT2D eigenvalue weighted by molar-refractivity contribution is 5.92. The van der Waals surface area contributed by atoms with E-state index in [4.69, 9.17) is 4.98 Å². The fourth-order valence-corrected chi connectivity index (χ4v) is 3.49. The lowest BCUT2D eigenvalue weighted by Crippen LogP contribution is -2.32. The van der Waals surface area contributed by atoms with Gasteiger partial charge in [0.25, 0.3) is 5.91 Å². The third-order valence-electron chi connectivity index (χ3n) is 4.75. The van der Waals surface area contributed by atoms with E-state index in [-0.39, 0.29) is 17.6 Å². The maximum absolute atomic E-state index is 12.8. The Kier molecular flexibility index (Phi) is 3.30. The van der Waals surface area contributed by atoms with Gasteiger partial charge in [0.2, 0.25) is 0 Å². The Balaban J connectivity index is 1.73. The second-order valence-electron chi connectivity index (χ2n) is 6.26. The number of amides is 1. The van der Waals surface area contributed by atoms with Gasteiger partial charge in [-0.2, -0.15) is 0 Å². The molecular weight excluding hydrogens is 306 g/mol. The van der Waals surface area contributed by atoms with Gasteiger partial charge in [0.05, 0.1) is 17.1 Å². The van der Waals surface area contributed by atoms with Gasteiger partial charge in [0, 0.05) is 26.8 Å². The van der Waals surface area contributed by atoms with Crippen molar-refractivity contribution in [2.24, 2.45) is 14.1 Å². The Labute approximate surface area is 138 Å². The van der Waals surface area contributed by atoms with Gasteiger partial charge in [0.1, 0.15) is 11.5 Å². The summed E-state index contributed by atoms with van der Waals surface area (Å²) < 4.78 is 3.44. The van der Waals surface area contributed by atoms with Crippen molar-refractivity contribution in [2.45, 2.75) is 18.9 Å². The number of benzene rings is 1. The number of fused-ring (bicyclic) bond motifs is 1. The number of aromatic amines is 1. The van der Waals surface area contributed by atoms with Gasteiger partial charge in [-0.25, -0.2) is 9.78 Å². The van der Waals surface area contributed by atoms with Gasteiger partial charge in [-0.15, -0.1) is 0 Å². The van der Waals surface area contributed by atoms with Crippen molar-refractivity contribution in [2.75, 3.05) is 6.54 Å². The number of nitrogens with zero attached hydrogens (tertiary/aromatic N) is 4. The summed E-state index contributed by atoms with van der Waals surface area (Å²) >= 11 is 0. The number of hydrogen-bond acceptors (Lipinski definition) is 3. The van der Waals surface area contributed by atoms with Crippen molar-refractivity contribution < 1.29 is 4.79 Å². The summed E-state index contributed by atoms with van der Waals surface area (Å²) in [5.41, 5.74) is 2.03. The van der Waals surface area contributed by atoms with Crippen LogP contribution in [0.2, 0.25) is 0 Å². The second kappa shape index (κ2) is 5.36. The first-order valence-electron chi connectivity index (χ1n) is 8.04. The van der Waals surface area contributed by atoms with E-state index in [0.29, 0.717) is 12.2 Å². The predicted molar refractivity (Wildman–Crippen MR) is 89.8 cm³/mol. The minimum atomic E-state index is -0.281. The normalized spacial score (nSPS) is 17.8. The van der Waals surface area contributed by atoms with Crippen LogP contribution in [0.5, 0.6) is 0 Å². The van der Waals surface area contributed by atoms with Gasteiger partial charge >= 0.3 is 5.69 Å². The number of carbonyl (C=O) groups excluding carboxylic acids is 1. The Morgan fingerprint density at radius 3 is 2.79 bits per heavy atom. The molecule has 7 nitrogen and oxygen atoms in total. The van der Waals surface area contributed by atoms with Gasteiger partial charge in [-0.3, -0.25) is 4.79 Å². The van der Waals surface area contributed by atoms with E-state index in [1.165, 1.54) is 4.57 Å². The molecule has 7 heteroatoms. The van der Waals surface area contributed by atoms with Crippen molar-refractivity contribution in [1.29, 1.82) is 0 Å². The summed E-state index contributed by atoms with van der Waals surface area (Å²) in [7, 11) is 3.61. The molecule has 0 radical (unpaired) electrons. The van der Waals surface area contributed by atoms with Crippen LogP contribution < -0.4 is 5.69 Å². The van der Waals surface area contributed by atoms with E-state index in [1.807, 2.05) is 36.2 Å². The van der Waals surface area contributed by atoms with Gasteiger partial charge in [-0.05, 0) is 25.0 Å². The molecule has 1 aliphatic heterocycles. The van der Waals surface area contributed by atoms with E-state index in [2.05, 4.69) is 9.55 Å². The number of aromatic nitrogens is 4. The average molecular weight is 325 g/mol. The maximum Gasteiger partial charge on any atom is 0.325 e. The molecule has 24 heavy (non-hydrogen) atoms. The largest absolute Gasteiger partial charge is 0.329 e. The molecule has 1 unspecified atom stereocenters. The lowest BCUT2D eigenvalue weighted by atomic mass is 10.2. The molecule has 3 heterocycles. The predicted octanol–water partition coefficient (Wildman–Crippen LogP) is 1.58. The number of carbonyl (C=O) groups is 1. The van der Waals surface area contributed by atoms with Crippen LogP contribution in [0.15, 0.2) is 35.3 Å². The Morgan fingerprint density at radius 1 is 1.29 bits per heavy atom. The smallest absolute Gasteiger partial charge is 0.325 e. The van der Waals surface area contributed by atoms with Crippen LogP contribution in [0, 0.1) is 0 Å². The van der Waals surface area contributed by atoms with Crippen LogP contribution in [0.1, 0.15) is 35.2 Å². The van der Waals surface area contributed by atoms with Crippen LogP contribution in [-0.4, -0.2) is 36.5 Å². The summed E-state index contributed by atoms with van der Waals surface area (Å²) in [5.74, 6) is 0.739. The summed E-state index contributed by atoms with van der Waals surface area (Å²) in [4.78, 5) is 33.6. The first-order chi connectivity index (χ1) is 11.6. The topological polar surface area (TPSA) is 75.9 Å². The Hall–Kier alpha value is -2.83. The zero-order chi connectivity index (χ0) is 16.8. The minimum Gasteiger partial charge on any atom is -0.329 e. The van der Waals surface area contributed by atoms with Crippen LogP contribution in [-0.2, 0) is 14.1 Å². The van der Waals surface area contributed by atoms with Gasteiger partial charge in [0.15, 0.2) is 0 Å². The third kappa shape index (κ3) is 2.16. The summed E-state index contributed by atoms with van der Waals surface area (Å²) in [6.07, 6.45) is 3.35. The van der Waals surface area contributed by atoms with E-state index in [0.717, 1.165) is 29.7 Å². The van der Waals surface area contributed by atoms with Crippen molar-refractivity contribution in [3.8, 4) is 0 Å². The number of para-hydroxylation sites is 2. The standard InChI is InChI=1S/C17H19N5O2/c1-20-10-12(19-17(20)24)16(23)22-9-5-8-14(22)15-18-11-6-3-4-7-13(11)21(15)2/h3-4,6-7,10,14H,5,8-9H2,1-2H3,(H,19,24). The van der Waals surface area contributed by atoms with Crippen molar-refractivity contribution in [3.63, 3.8) is 0 Å². The number of aryl methyl sites for hydroxylation is 2. The van der Waals surface area contributed by atoms with Crippen LogP contribution in [0.3, 0.4) is 0 Å². The number of imidazole rings is 2. The van der Waals surface area contributed by atoms with E-state index < -0.39 is 0 Å². The Morgan fingerprint density at radius 2 is 2.08 bits per heavy atom. The maximum atomic E-state index is 12.8. The fourth-order valence-electron chi connectivity index (χ4n) is 3.49. The van der Waals surface area contributed by atoms with Crippen molar-refractivity contribution in [1.82, 2.24) is 24.0 Å². The first-order valence-corrected chi connectivity index (χ1v) is 8.04. The van der Waals surface area contributed by atoms with Crippen molar-refractivity contribution in [3.05, 3.63) is 52.5 Å². The number of hydrogen-bond donors (Lipinski definition) is 1. The van der Waals surface area contributed by atoms with Gasteiger partial charge in [-0.1, -0.05) is 12.1 Å². The molecule has 1 fully saturated rings. The molecule has 1 N–H and O–H groups in total. The number of rotatable bonds is 2. The molecule has 0 spiro atoms. The van der Waals surface area contributed by atoms with Gasteiger partial charge < -0.3 is 19.0 Å². The molecular formula is C17H19N5O2. The molecule has 1 amide bonds. The zero-order valence-corrected chi connectivity index (χ0v) is 13.7. The van der Waals surface area contributed by atoms with E-state index >= 15 is 0 Å². The monoisotopic (exact) mass is 325 g/mol. The highest BCUT2D eigenvalue weighted by atomic mass is 16.2. The molecule has 1 saturated heterocycles. The SMILES string of the molecule is Cn1cc(C(=O)N2CCCC2c2nc3ccccc3n2C)[nH]c1=O. The van der Waals surface area contributed by atoms with E-state index in [9.17, 15) is 9.59 Å². The zero-order valence-electron chi connectivity index (χ0n) is 13.7. The summed E-state index contributed by atoms with van der Waals surface area (Å²) in [6, 6.07) is 7.89. The highest BCUT2D eigenvalue weighted by Crippen LogP contribution is 2.33. The third-order valence-corrected chi connectivity index (χ3v) is 4.75. The molecule has 124 valence electrons. The average Bonchev–Trinajstić information content (AvgIpc) is 3.26. The summed E-state index contributed by atoms with van der Waals surface area (Å²) in [6.45, 7) is 0.670. The molecule has 2 aromatic heterocycles. The minimum absolute atomic E-state index is 0.0707. The number of likely N-dealkylation sites (tertiary alicyclic amines) is 1. The quantitative estimate of drug-likeness (QED) is 0.777. The molecule has 0 bridgehead atoms. The number of H-pyrrole nitrogens is 1. The molecule has 0 saturated carbocycles. The van der Waals surface area contributed by atoms with Crippen LogP contribution >= 0.6 is 0 Å². The fraction of sp³-hybridized carbons (Fsp3) is 0.353. The molecule has 4 rings (SSSR count).